The molecule has 0 aliphatic heterocycles. The summed E-state index contributed by atoms with van der Waals surface area (Å²) in [6.07, 6.45) is 0. The maximum absolute atomic E-state index is 11.8. The number of H-pyrrole nitrogens is 1. The van der Waals surface area contributed by atoms with E-state index in [9.17, 15) is 9.59 Å². The second-order valence-electron chi connectivity index (χ2n) is 4.26. The van der Waals surface area contributed by atoms with Gasteiger partial charge in [-0.3, -0.25) is 14.7 Å². The summed E-state index contributed by atoms with van der Waals surface area (Å²) in [6, 6.07) is 0.369. The minimum Gasteiger partial charge on any atom is -0.313 e. The molecule has 90 valence electrons. The molecule has 0 atom stereocenters. The zero-order valence-corrected chi connectivity index (χ0v) is 10.3. The fraction of sp³-hybridized carbons (Fsp3) is 0.636. The molecule has 5 nitrogen and oxygen atoms in total. The first-order valence-electron chi connectivity index (χ1n) is 5.47. The molecule has 1 heterocycles. The fourth-order valence-electron chi connectivity index (χ4n) is 1.41. The summed E-state index contributed by atoms with van der Waals surface area (Å²) in [5, 5.41) is 5.76. The van der Waals surface area contributed by atoms with E-state index in [-0.39, 0.29) is 11.1 Å². The van der Waals surface area contributed by atoms with Crippen molar-refractivity contribution in [3.63, 3.8) is 0 Å². The Morgan fingerprint density at radius 3 is 2.44 bits per heavy atom. The summed E-state index contributed by atoms with van der Waals surface area (Å²) in [5.74, 6) is 0. The van der Waals surface area contributed by atoms with Gasteiger partial charge in [-0.1, -0.05) is 13.8 Å². The van der Waals surface area contributed by atoms with Crippen LogP contribution >= 0.6 is 0 Å². The highest BCUT2D eigenvalue weighted by Gasteiger charge is 2.06. The SMILES string of the molecule is Cc1c(C)c(=O)n(CCNC(C)C)[nH]c1=O. The van der Waals surface area contributed by atoms with Crippen LogP contribution in [0.2, 0.25) is 0 Å². The highest BCUT2D eigenvalue weighted by atomic mass is 16.2. The van der Waals surface area contributed by atoms with E-state index in [2.05, 4.69) is 10.4 Å². The average molecular weight is 225 g/mol. The van der Waals surface area contributed by atoms with E-state index in [0.717, 1.165) is 0 Å². The van der Waals surface area contributed by atoms with Crippen molar-refractivity contribution in [1.82, 2.24) is 15.1 Å². The van der Waals surface area contributed by atoms with Crippen molar-refractivity contribution in [2.75, 3.05) is 6.54 Å². The molecule has 0 fully saturated rings. The number of rotatable bonds is 4. The van der Waals surface area contributed by atoms with Crippen LogP contribution in [-0.2, 0) is 6.54 Å². The van der Waals surface area contributed by atoms with E-state index in [4.69, 9.17) is 0 Å². The Bertz CT molecular complexity index is 471. The van der Waals surface area contributed by atoms with Gasteiger partial charge in [0.25, 0.3) is 11.1 Å². The molecule has 0 saturated carbocycles. The first-order chi connectivity index (χ1) is 7.43. The third-order valence-electron chi connectivity index (χ3n) is 2.59. The van der Waals surface area contributed by atoms with Crippen molar-refractivity contribution in [1.29, 1.82) is 0 Å². The van der Waals surface area contributed by atoms with Crippen LogP contribution in [0.4, 0.5) is 0 Å². The van der Waals surface area contributed by atoms with Crippen molar-refractivity contribution < 1.29 is 0 Å². The van der Waals surface area contributed by atoms with Gasteiger partial charge in [0.05, 0.1) is 6.54 Å². The second-order valence-corrected chi connectivity index (χ2v) is 4.26. The standard InChI is InChI=1S/C11H19N3O2/c1-7(2)12-5-6-14-11(16)9(4)8(3)10(15)13-14/h7,12H,5-6H2,1-4H3,(H,13,15). The van der Waals surface area contributed by atoms with E-state index >= 15 is 0 Å². The Hall–Kier alpha value is -1.36. The molecular weight excluding hydrogens is 206 g/mol. The predicted molar refractivity (Wildman–Crippen MR) is 63.9 cm³/mol. The highest BCUT2D eigenvalue weighted by molar-refractivity contribution is 5.17. The van der Waals surface area contributed by atoms with E-state index < -0.39 is 0 Å². The Labute approximate surface area is 94.5 Å². The Balaban J connectivity index is 2.90. The van der Waals surface area contributed by atoms with Gasteiger partial charge in [-0.25, -0.2) is 4.68 Å². The Morgan fingerprint density at radius 2 is 1.88 bits per heavy atom. The molecule has 0 radical (unpaired) electrons. The minimum atomic E-state index is -0.193. The van der Waals surface area contributed by atoms with E-state index in [1.54, 1.807) is 13.8 Å². The molecule has 2 N–H and O–H groups in total. The smallest absolute Gasteiger partial charge is 0.268 e. The normalized spacial score (nSPS) is 11.1. The summed E-state index contributed by atoms with van der Waals surface area (Å²) in [7, 11) is 0. The number of aromatic nitrogens is 2. The summed E-state index contributed by atoms with van der Waals surface area (Å²) in [6.45, 7) is 8.55. The molecule has 1 rings (SSSR count). The lowest BCUT2D eigenvalue weighted by Crippen LogP contribution is -2.37. The topological polar surface area (TPSA) is 66.9 Å². The van der Waals surface area contributed by atoms with Crippen molar-refractivity contribution in [3.8, 4) is 0 Å². The second kappa shape index (κ2) is 5.12. The molecule has 0 unspecified atom stereocenters. The Morgan fingerprint density at radius 1 is 1.25 bits per heavy atom. The number of nitrogens with zero attached hydrogens (tertiary/aromatic N) is 1. The lowest BCUT2D eigenvalue weighted by molar-refractivity contribution is 0.494. The molecular formula is C11H19N3O2. The first kappa shape index (κ1) is 12.7. The third kappa shape index (κ3) is 2.82. The zero-order chi connectivity index (χ0) is 12.3. The van der Waals surface area contributed by atoms with Gasteiger partial charge in [0, 0.05) is 23.7 Å². The quantitative estimate of drug-likeness (QED) is 0.766. The van der Waals surface area contributed by atoms with Crippen LogP contribution in [0.15, 0.2) is 9.59 Å². The molecule has 0 saturated heterocycles. The van der Waals surface area contributed by atoms with Crippen molar-refractivity contribution >= 4 is 0 Å². The molecule has 0 aliphatic rings. The van der Waals surface area contributed by atoms with Crippen LogP contribution in [0.3, 0.4) is 0 Å². The predicted octanol–water partition coefficient (Wildman–Crippen LogP) is 0.151. The van der Waals surface area contributed by atoms with Crippen molar-refractivity contribution in [2.45, 2.75) is 40.3 Å². The van der Waals surface area contributed by atoms with Gasteiger partial charge in [0.2, 0.25) is 0 Å². The van der Waals surface area contributed by atoms with Crippen molar-refractivity contribution in [3.05, 3.63) is 31.8 Å². The van der Waals surface area contributed by atoms with Gasteiger partial charge in [-0.15, -0.1) is 0 Å². The summed E-state index contributed by atoms with van der Waals surface area (Å²) < 4.78 is 1.36. The molecule has 16 heavy (non-hydrogen) atoms. The van der Waals surface area contributed by atoms with Gasteiger partial charge in [-0.05, 0) is 13.8 Å². The molecule has 5 heteroatoms. The minimum absolute atomic E-state index is 0.123. The summed E-state index contributed by atoms with van der Waals surface area (Å²) in [4.78, 5) is 23.3. The van der Waals surface area contributed by atoms with E-state index in [1.807, 2.05) is 13.8 Å². The maximum atomic E-state index is 11.8. The number of hydrogen-bond donors (Lipinski definition) is 2. The lowest BCUT2D eigenvalue weighted by atomic mass is 10.2. The molecule has 1 aromatic heterocycles. The molecule has 1 aromatic rings. The van der Waals surface area contributed by atoms with E-state index in [1.165, 1.54) is 4.68 Å². The van der Waals surface area contributed by atoms with Crippen LogP contribution in [0, 0.1) is 13.8 Å². The summed E-state index contributed by atoms with van der Waals surface area (Å²) in [5.41, 5.74) is 0.704. The van der Waals surface area contributed by atoms with Crippen LogP contribution < -0.4 is 16.4 Å². The van der Waals surface area contributed by atoms with Crippen LogP contribution in [0.1, 0.15) is 25.0 Å². The largest absolute Gasteiger partial charge is 0.313 e. The van der Waals surface area contributed by atoms with Crippen LogP contribution in [-0.4, -0.2) is 22.4 Å². The molecule has 0 amide bonds. The maximum Gasteiger partial charge on any atom is 0.268 e. The lowest BCUT2D eigenvalue weighted by Gasteiger charge is -2.10. The van der Waals surface area contributed by atoms with Crippen molar-refractivity contribution in [2.24, 2.45) is 0 Å². The number of hydrogen-bond acceptors (Lipinski definition) is 3. The Kier molecular flexibility index (Phi) is 4.06. The van der Waals surface area contributed by atoms with Crippen LogP contribution in [0.5, 0.6) is 0 Å². The van der Waals surface area contributed by atoms with Gasteiger partial charge in [-0.2, -0.15) is 0 Å². The molecule has 0 spiro atoms. The number of nitrogens with one attached hydrogen (secondary N) is 2. The molecule has 0 bridgehead atoms. The van der Waals surface area contributed by atoms with E-state index in [0.29, 0.717) is 30.3 Å². The van der Waals surface area contributed by atoms with Gasteiger partial charge in [0.15, 0.2) is 0 Å². The van der Waals surface area contributed by atoms with Gasteiger partial charge in [0.1, 0.15) is 0 Å². The first-order valence-corrected chi connectivity index (χ1v) is 5.47. The molecule has 0 aliphatic carbocycles. The van der Waals surface area contributed by atoms with Gasteiger partial charge < -0.3 is 5.32 Å². The highest BCUT2D eigenvalue weighted by Crippen LogP contribution is 1.90. The molecule has 0 aromatic carbocycles. The van der Waals surface area contributed by atoms with Gasteiger partial charge >= 0.3 is 0 Å². The average Bonchev–Trinajstić information content (AvgIpc) is 2.22. The number of aromatic amines is 1. The monoisotopic (exact) mass is 225 g/mol. The summed E-state index contributed by atoms with van der Waals surface area (Å²) >= 11 is 0. The fourth-order valence-corrected chi connectivity index (χ4v) is 1.41. The zero-order valence-electron chi connectivity index (χ0n) is 10.3. The van der Waals surface area contributed by atoms with Crippen LogP contribution in [0.25, 0.3) is 0 Å². The third-order valence-corrected chi connectivity index (χ3v) is 2.59.